The average Bonchev–Trinajstić information content (AvgIpc) is 2.64. The Bertz CT molecular complexity index is 555. The Balaban J connectivity index is -0.000000883. The molecule has 0 radical (unpaired) electrons. The van der Waals surface area contributed by atoms with Crippen molar-refractivity contribution in [2.75, 3.05) is 6.61 Å². The predicted octanol–water partition coefficient (Wildman–Crippen LogP) is -7.24. The quantitative estimate of drug-likeness (QED) is 0.149. The van der Waals surface area contributed by atoms with Gasteiger partial charge in [-0.15, -0.1) is 0 Å². The first-order chi connectivity index (χ1) is 13.4. The van der Waals surface area contributed by atoms with Gasteiger partial charge in [-0.05, 0) is 41.0 Å². The molecule has 1 aliphatic rings. The van der Waals surface area contributed by atoms with Gasteiger partial charge in [0, 0.05) is 15.6 Å². The third-order valence-corrected chi connectivity index (χ3v) is 3.97. The molecule has 0 saturated heterocycles. The van der Waals surface area contributed by atoms with Crippen molar-refractivity contribution in [3.05, 3.63) is 29.3 Å². The Labute approximate surface area is 249 Å². The maximum Gasteiger partial charge on any atom is 1.00 e. The SMILES string of the molecule is CCCCCCCCCc1c2cccc1OOOOOOCC2.O=P([O-])([O-])[O-].[Na+].[Na+].[Na+]. The minimum absolute atomic E-state index is 0. The molecule has 1 heterocycles. The Morgan fingerprint density at radius 3 is 2.10 bits per heavy atom. The molecule has 0 fully saturated rings. The number of unbranched alkanes of at least 4 members (excludes halogenated alkanes) is 6. The monoisotopic (exact) mass is 490 g/mol. The molecule has 31 heavy (non-hydrogen) atoms. The number of benzene rings is 1. The van der Waals surface area contributed by atoms with Crippen LogP contribution in [0.25, 0.3) is 0 Å². The summed E-state index contributed by atoms with van der Waals surface area (Å²) in [5.74, 6) is 0.638. The number of rotatable bonds is 8. The van der Waals surface area contributed by atoms with Gasteiger partial charge >= 0.3 is 88.7 Å². The smallest absolute Gasteiger partial charge is 0.822 e. The van der Waals surface area contributed by atoms with E-state index < -0.39 is 7.82 Å². The molecule has 0 saturated carbocycles. The van der Waals surface area contributed by atoms with Crippen molar-refractivity contribution in [1.82, 2.24) is 0 Å². The summed E-state index contributed by atoms with van der Waals surface area (Å²) in [4.78, 5) is 35.6. The second-order valence-electron chi connectivity index (χ2n) is 6.14. The maximum atomic E-state index is 8.55. The predicted molar refractivity (Wildman–Crippen MR) is 90.4 cm³/mol. The van der Waals surface area contributed by atoms with Crippen molar-refractivity contribution in [2.45, 2.75) is 64.7 Å². The van der Waals surface area contributed by atoms with E-state index in [1.807, 2.05) is 12.1 Å². The van der Waals surface area contributed by atoms with Crippen LogP contribution in [0.2, 0.25) is 0 Å². The van der Waals surface area contributed by atoms with E-state index in [2.05, 4.69) is 33.1 Å². The van der Waals surface area contributed by atoms with Gasteiger partial charge in [0.2, 0.25) is 0 Å². The van der Waals surface area contributed by atoms with E-state index in [1.54, 1.807) is 0 Å². The Hall–Kier alpha value is 1.93. The largest absolute Gasteiger partial charge is 1.00 e. The van der Waals surface area contributed by atoms with E-state index in [4.69, 9.17) is 29.0 Å². The van der Waals surface area contributed by atoms with Crippen molar-refractivity contribution in [1.29, 1.82) is 0 Å². The summed E-state index contributed by atoms with van der Waals surface area (Å²) in [7, 11) is -5.39. The van der Waals surface area contributed by atoms with Crippen LogP contribution in [0.1, 0.15) is 63.0 Å². The normalized spacial score (nSPS) is 13.5. The number of fused-ring (bicyclic) bond motifs is 2. The molecule has 0 unspecified atom stereocenters. The van der Waals surface area contributed by atoms with Crippen LogP contribution in [-0.4, -0.2) is 6.61 Å². The fraction of sp³-hybridized carbons (Fsp3) is 0.647. The van der Waals surface area contributed by atoms with Crippen LogP contribution in [0.4, 0.5) is 0 Å². The van der Waals surface area contributed by atoms with Crippen molar-refractivity contribution in [3.8, 4) is 5.75 Å². The standard InChI is InChI=1S/C17H26O6.3Na.H3O4P/c1-2-3-4-5-6-7-8-11-16-15-10-9-12-17(16)19-21-23-22-20-18-14-13-15;;;;1-5(2,3)4/h9-10,12H,2-8,11,13-14H2,1H3;;;;(H3,1,2,3,4)/q;3*+1;/p-3. The van der Waals surface area contributed by atoms with E-state index in [0.29, 0.717) is 18.8 Å². The van der Waals surface area contributed by atoms with Crippen molar-refractivity contribution < 1.29 is 138 Å². The van der Waals surface area contributed by atoms with Crippen molar-refractivity contribution in [3.63, 3.8) is 0 Å². The maximum absolute atomic E-state index is 8.55. The van der Waals surface area contributed by atoms with E-state index >= 15 is 0 Å². The Morgan fingerprint density at radius 1 is 0.871 bits per heavy atom. The number of phosphoric acid groups is 1. The third-order valence-electron chi connectivity index (χ3n) is 3.97. The molecule has 0 spiro atoms. The molecular weight excluding hydrogens is 464 g/mol. The molecule has 2 bridgehead atoms. The first kappa shape index (κ1) is 37.5. The summed E-state index contributed by atoms with van der Waals surface area (Å²) in [6.07, 6.45) is 10.5. The van der Waals surface area contributed by atoms with E-state index in [-0.39, 0.29) is 88.7 Å². The second kappa shape index (κ2) is 23.7. The molecule has 162 valence electrons. The zero-order valence-corrected chi connectivity index (χ0v) is 25.7. The topological polar surface area (TPSA) is 142 Å². The van der Waals surface area contributed by atoms with Gasteiger partial charge in [0.25, 0.3) is 0 Å². The zero-order valence-electron chi connectivity index (χ0n) is 18.8. The molecule has 0 amide bonds. The minimum atomic E-state index is -5.39. The van der Waals surface area contributed by atoms with Crippen LogP contribution in [0.5, 0.6) is 5.75 Å². The first-order valence-corrected chi connectivity index (χ1v) is 10.7. The van der Waals surface area contributed by atoms with Gasteiger partial charge in [-0.1, -0.05) is 57.6 Å². The molecule has 1 aromatic carbocycles. The summed E-state index contributed by atoms with van der Waals surface area (Å²) in [5.41, 5.74) is 2.28. The Kier molecular flexibility index (Phi) is 28.6. The van der Waals surface area contributed by atoms with Crippen LogP contribution in [0.3, 0.4) is 0 Å². The van der Waals surface area contributed by atoms with Crippen molar-refractivity contribution >= 4 is 7.82 Å². The Morgan fingerprint density at radius 2 is 1.45 bits per heavy atom. The first-order valence-electron chi connectivity index (χ1n) is 9.21. The summed E-state index contributed by atoms with van der Waals surface area (Å²) >= 11 is 0. The van der Waals surface area contributed by atoms with E-state index in [0.717, 1.165) is 24.0 Å². The van der Waals surface area contributed by atoms with Crippen LogP contribution in [0, 0.1) is 0 Å². The van der Waals surface area contributed by atoms with Crippen LogP contribution in [-0.2, 0) is 42.4 Å². The minimum Gasteiger partial charge on any atom is -0.822 e. The summed E-state index contributed by atoms with van der Waals surface area (Å²) < 4.78 is 8.55. The van der Waals surface area contributed by atoms with E-state index in [9.17, 15) is 0 Å². The molecule has 2 rings (SSSR count). The molecular formula is C17H26Na3O10P. The molecule has 1 aromatic rings. The fourth-order valence-electron chi connectivity index (χ4n) is 2.74. The van der Waals surface area contributed by atoms with Crippen LogP contribution in [0.15, 0.2) is 18.2 Å². The number of hydrogen-bond donors (Lipinski definition) is 0. The van der Waals surface area contributed by atoms with Gasteiger partial charge in [0.15, 0.2) is 5.75 Å². The van der Waals surface area contributed by atoms with Crippen LogP contribution < -0.4 is 108 Å². The molecule has 10 nitrogen and oxygen atoms in total. The summed E-state index contributed by atoms with van der Waals surface area (Å²) in [5, 5.41) is 17.2. The van der Waals surface area contributed by atoms with Crippen molar-refractivity contribution in [2.24, 2.45) is 0 Å². The molecule has 14 heteroatoms. The van der Waals surface area contributed by atoms with Gasteiger partial charge in [-0.25, -0.2) is 4.89 Å². The van der Waals surface area contributed by atoms with Gasteiger partial charge in [0.05, 0.1) is 6.61 Å². The summed E-state index contributed by atoms with van der Waals surface area (Å²) in [6, 6.07) is 5.83. The summed E-state index contributed by atoms with van der Waals surface area (Å²) in [6.45, 7) is 2.60. The van der Waals surface area contributed by atoms with Gasteiger partial charge in [-0.3, -0.25) is 0 Å². The molecule has 0 aliphatic carbocycles. The molecule has 1 aliphatic heterocycles. The third kappa shape index (κ3) is 22.2. The zero-order chi connectivity index (χ0) is 20.7. The van der Waals surface area contributed by atoms with Crippen LogP contribution >= 0.6 is 7.82 Å². The van der Waals surface area contributed by atoms with Gasteiger partial charge < -0.3 is 24.1 Å². The average molecular weight is 490 g/mol. The van der Waals surface area contributed by atoms with E-state index in [1.165, 1.54) is 38.5 Å². The molecule has 0 aromatic heterocycles. The van der Waals surface area contributed by atoms with Gasteiger partial charge in [-0.2, -0.15) is 7.82 Å². The number of hydrogen-bond acceptors (Lipinski definition) is 10. The molecule has 0 atom stereocenters. The molecule has 0 N–H and O–H groups in total. The second-order valence-corrected chi connectivity index (χ2v) is 7.03. The fourth-order valence-corrected chi connectivity index (χ4v) is 2.74. The van der Waals surface area contributed by atoms with Gasteiger partial charge in [0.1, 0.15) is 0 Å².